The summed E-state index contributed by atoms with van der Waals surface area (Å²) in [4.78, 5) is 14.1. The first-order valence-corrected chi connectivity index (χ1v) is 25.6. The summed E-state index contributed by atoms with van der Waals surface area (Å²) in [6.07, 6.45) is 21.2. The van der Waals surface area contributed by atoms with Crippen LogP contribution in [-0.2, 0) is 24.4 Å². The highest BCUT2D eigenvalue weighted by Crippen LogP contribution is 2.41. The number of ether oxygens (including phenoxy) is 3. The maximum atomic E-state index is 14.1. The molecule has 1 aliphatic heterocycles. The number of Topliss-reactive ketones (excluding diaryl/α,β-unsaturated/α-hetero) is 1. The Morgan fingerprint density at radius 1 is 0.667 bits per heavy atom. The first-order chi connectivity index (χ1) is 31.5. The second kappa shape index (κ2) is 25.3. The third-order valence-electron chi connectivity index (χ3n) is 12.5. The molecule has 0 amide bonds. The highest BCUT2D eigenvalue weighted by atomic mass is 35.5. The topological polar surface area (TPSA) is 76.3 Å². The summed E-state index contributed by atoms with van der Waals surface area (Å²) in [5.41, 5.74) is 2.13. The molecule has 10 heteroatoms. The number of carbonyl (C=O) groups excluding carboxylic acids is 1. The van der Waals surface area contributed by atoms with Gasteiger partial charge in [0.2, 0.25) is 5.78 Å². The number of ketones is 1. The molecule has 6 nitrogen and oxygen atoms in total. The van der Waals surface area contributed by atoms with Crippen molar-refractivity contribution >= 4 is 64.0 Å². The number of allylic oxidation sites excluding steroid dienone is 6. The van der Waals surface area contributed by atoms with E-state index in [4.69, 9.17) is 65.0 Å². The number of aliphatic hydroxyl groups excluding tert-OH is 1. The maximum absolute atomic E-state index is 14.1. The minimum absolute atomic E-state index is 0.0996. The summed E-state index contributed by atoms with van der Waals surface area (Å²) in [5.74, 6) is 3.05. The Hall–Kier alpha value is -3.36. The number of carbonyl (C=O) groups is 1. The molecule has 0 saturated heterocycles. The number of rotatable bonds is 26. The molecule has 0 atom stereocenters. The molecule has 1 aromatic heterocycles. The van der Waals surface area contributed by atoms with Gasteiger partial charge in [0.1, 0.15) is 22.7 Å². The van der Waals surface area contributed by atoms with E-state index in [1.165, 1.54) is 25.7 Å². The fourth-order valence-corrected chi connectivity index (χ4v) is 8.80. The predicted octanol–water partition coefficient (Wildman–Crippen LogP) is 17.8. The van der Waals surface area contributed by atoms with Crippen LogP contribution in [0.4, 0.5) is 0 Å². The molecule has 0 bridgehead atoms. The average Bonchev–Trinajstić information content (AvgIpc) is 3.30. The van der Waals surface area contributed by atoms with Gasteiger partial charge in [-0.3, -0.25) is 4.79 Å². The van der Waals surface area contributed by atoms with Crippen LogP contribution in [0, 0.1) is 17.3 Å². The fourth-order valence-electron chi connectivity index (χ4n) is 8.20. The molecule has 0 fully saturated rings. The van der Waals surface area contributed by atoms with Gasteiger partial charge in [0.05, 0.1) is 56.1 Å². The van der Waals surface area contributed by atoms with Gasteiger partial charge >= 0.3 is 11.5 Å². The third-order valence-corrected chi connectivity index (χ3v) is 14.0. The molecule has 3 aromatic rings. The molecule has 2 aliphatic rings. The second-order valence-electron chi connectivity index (χ2n) is 19.4. The molecular formula is C56H71Cl4O6+. The van der Waals surface area contributed by atoms with E-state index < -0.39 is 10.8 Å². The standard InChI is InChI=1S/C56H70Cl4O6/c1-9-13-17-37(18-14-10-2)33-63-35-55(5,6)51-29-39(27-49(65-51)41-21-23-45(57)47(59)31-41)25-43-53(61)44(54(43)62)26-40-28-50(42-22-24-46(58)48(60)32-42)66-52(30-40)56(7,8)36-64-34-38(19-15-11-3)20-16-12-4/h21-32,37-38H,9-20,33-36H2,1-8H3/p+1. The maximum Gasteiger partial charge on any atom is 0.360 e. The Balaban J connectivity index is 1.48. The zero-order chi connectivity index (χ0) is 48.0. The molecule has 66 heavy (non-hydrogen) atoms. The van der Waals surface area contributed by atoms with Crippen molar-refractivity contribution in [3.63, 3.8) is 0 Å². The summed E-state index contributed by atoms with van der Waals surface area (Å²) in [5, 5.41) is 13.3. The van der Waals surface area contributed by atoms with Gasteiger partial charge < -0.3 is 19.3 Å². The lowest BCUT2D eigenvalue weighted by Gasteiger charge is -2.32. The average molecular weight is 982 g/mol. The summed E-state index contributed by atoms with van der Waals surface area (Å²) in [7, 11) is 0. The summed E-state index contributed by atoms with van der Waals surface area (Å²) in [6.45, 7) is 19.5. The van der Waals surface area contributed by atoms with Crippen LogP contribution >= 0.6 is 46.4 Å². The van der Waals surface area contributed by atoms with E-state index in [0.29, 0.717) is 92.5 Å². The Labute approximate surface area is 415 Å². The lowest BCUT2D eigenvalue weighted by atomic mass is 9.83. The molecule has 0 radical (unpaired) electrons. The van der Waals surface area contributed by atoms with Crippen LogP contribution in [0.2, 0.25) is 20.1 Å². The monoisotopic (exact) mass is 979 g/mol. The Morgan fingerprint density at radius 3 is 1.70 bits per heavy atom. The van der Waals surface area contributed by atoms with E-state index in [2.05, 4.69) is 55.4 Å². The van der Waals surface area contributed by atoms with Crippen LogP contribution in [0.1, 0.15) is 149 Å². The van der Waals surface area contributed by atoms with Crippen molar-refractivity contribution in [2.24, 2.45) is 17.3 Å². The highest BCUT2D eigenvalue weighted by molar-refractivity contribution is 6.42. The Kier molecular flexibility index (Phi) is 20.5. The van der Waals surface area contributed by atoms with Crippen molar-refractivity contribution in [3.8, 4) is 11.3 Å². The number of aliphatic hydroxyl groups is 1. The zero-order valence-electron chi connectivity index (χ0n) is 40.4. The molecule has 5 rings (SSSR count). The van der Waals surface area contributed by atoms with E-state index >= 15 is 0 Å². The van der Waals surface area contributed by atoms with E-state index in [1.54, 1.807) is 36.4 Å². The quantitative estimate of drug-likeness (QED) is 0.0638. The largest absolute Gasteiger partial charge is 0.506 e. The molecule has 1 N–H and O–H groups in total. The lowest BCUT2D eigenvalue weighted by Crippen LogP contribution is -2.26. The van der Waals surface area contributed by atoms with E-state index in [-0.39, 0.29) is 22.7 Å². The highest BCUT2D eigenvalue weighted by Gasteiger charge is 2.37. The van der Waals surface area contributed by atoms with Crippen LogP contribution in [0.3, 0.4) is 0 Å². The zero-order valence-corrected chi connectivity index (χ0v) is 43.4. The molecule has 0 unspecified atom stereocenters. The van der Waals surface area contributed by atoms with Crippen molar-refractivity contribution in [2.45, 2.75) is 138 Å². The molecule has 0 saturated carbocycles. The number of unbranched alkanes of at least 4 members (excludes halogenated alkanes) is 4. The SMILES string of the molecule is CCCCC(CCCC)COCC(C)(C)C1=C/C(=C\C2=C(O)C(=Cc3cc(-c4ccc(Cl)c(Cl)c4)[o+]c(C(C)(C)COCC(CCCC)CCCC)c3)C2=O)C=C(c2ccc(Cl)c(Cl)c2)O1. The van der Waals surface area contributed by atoms with E-state index in [0.717, 1.165) is 62.5 Å². The fraction of sp³-hybridized carbons (Fsp3) is 0.500. The van der Waals surface area contributed by atoms with Crippen molar-refractivity contribution in [1.82, 2.24) is 0 Å². The van der Waals surface area contributed by atoms with Gasteiger partial charge in [-0.2, -0.15) is 0 Å². The van der Waals surface area contributed by atoms with Crippen LogP contribution in [0.5, 0.6) is 0 Å². The van der Waals surface area contributed by atoms with Crippen molar-refractivity contribution in [2.75, 3.05) is 26.4 Å². The van der Waals surface area contributed by atoms with E-state index in [9.17, 15) is 9.90 Å². The Morgan fingerprint density at radius 2 is 1.18 bits per heavy atom. The minimum Gasteiger partial charge on any atom is -0.506 e. The van der Waals surface area contributed by atoms with Crippen LogP contribution in [0.15, 0.2) is 99.4 Å². The summed E-state index contributed by atoms with van der Waals surface area (Å²) in [6, 6.07) is 14.4. The molecular weight excluding hydrogens is 910 g/mol. The van der Waals surface area contributed by atoms with Gasteiger partial charge in [-0.15, -0.1) is 0 Å². The first kappa shape index (κ1) is 53.6. The predicted molar refractivity (Wildman–Crippen MR) is 276 cm³/mol. The first-order valence-electron chi connectivity index (χ1n) is 24.1. The van der Waals surface area contributed by atoms with Crippen LogP contribution < -0.4 is 0 Å². The second-order valence-corrected chi connectivity index (χ2v) is 21.0. The number of hydrogen-bond acceptors (Lipinski definition) is 5. The van der Waals surface area contributed by atoms with Gasteiger partial charge in [0.15, 0.2) is 0 Å². The number of halogens is 4. The van der Waals surface area contributed by atoms with Gasteiger partial charge in [-0.05, 0) is 123 Å². The normalized spacial score (nSPS) is 15.8. The van der Waals surface area contributed by atoms with E-state index in [1.807, 2.05) is 36.4 Å². The van der Waals surface area contributed by atoms with Gasteiger partial charge in [0.25, 0.3) is 0 Å². The van der Waals surface area contributed by atoms with Crippen LogP contribution in [0.25, 0.3) is 23.2 Å². The van der Waals surface area contributed by atoms with Gasteiger partial charge in [-0.1, -0.05) is 139 Å². The van der Waals surface area contributed by atoms with Gasteiger partial charge in [0, 0.05) is 30.3 Å². The molecule has 2 aromatic carbocycles. The summed E-state index contributed by atoms with van der Waals surface area (Å²) < 4.78 is 26.1. The minimum atomic E-state index is -0.535. The smallest absolute Gasteiger partial charge is 0.360 e. The number of hydrogen-bond donors (Lipinski definition) is 1. The van der Waals surface area contributed by atoms with Crippen molar-refractivity contribution in [1.29, 1.82) is 0 Å². The third kappa shape index (κ3) is 14.8. The molecule has 2 heterocycles. The van der Waals surface area contributed by atoms with Crippen molar-refractivity contribution < 1.29 is 28.5 Å². The summed E-state index contributed by atoms with van der Waals surface area (Å²) >= 11 is 25.6. The Bertz CT molecular complexity index is 2280. The van der Waals surface area contributed by atoms with Crippen LogP contribution in [-0.4, -0.2) is 37.3 Å². The lowest BCUT2D eigenvalue weighted by molar-refractivity contribution is -0.113. The molecule has 1 aliphatic carbocycles. The van der Waals surface area contributed by atoms with Crippen molar-refractivity contribution in [3.05, 3.63) is 132 Å². The molecule has 358 valence electrons. The number of benzene rings is 2. The molecule has 0 spiro atoms. The van der Waals surface area contributed by atoms with Gasteiger partial charge in [-0.25, -0.2) is 4.42 Å².